The number of rotatable bonds is 11. The second-order valence-corrected chi connectivity index (χ2v) is 15.3. The van der Waals surface area contributed by atoms with Crippen LogP contribution in [0.15, 0.2) is 30.3 Å². The second-order valence-electron chi connectivity index (χ2n) is 15.3. The van der Waals surface area contributed by atoms with Gasteiger partial charge in [-0.05, 0) is 61.8 Å². The van der Waals surface area contributed by atoms with Crippen LogP contribution in [0.3, 0.4) is 0 Å². The van der Waals surface area contributed by atoms with Gasteiger partial charge in [0.15, 0.2) is 0 Å². The van der Waals surface area contributed by atoms with Gasteiger partial charge in [-0.3, -0.25) is 19.2 Å². The number of likely N-dealkylation sites (tertiary alicyclic amines) is 1. The van der Waals surface area contributed by atoms with Crippen molar-refractivity contribution in [1.82, 2.24) is 20.9 Å². The second kappa shape index (κ2) is 17.1. The topological polar surface area (TPSA) is 151 Å². The molecule has 4 atom stereocenters. The molecule has 0 spiro atoms. The van der Waals surface area contributed by atoms with Crippen molar-refractivity contribution >= 4 is 29.5 Å². The highest BCUT2D eigenvalue weighted by Crippen LogP contribution is 2.34. The minimum Gasteiger partial charge on any atom is -0.363 e. The number of nitrogens with two attached hydrogens (primary N) is 1. The van der Waals surface area contributed by atoms with Crippen molar-refractivity contribution in [2.24, 2.45) is 23.0 Å². The average molecular weight is 654 g/mol. The Balaban J connectivity index is 0.000000913. The molecule has 2 unspecified atom stereocenters. The first-order chi connectivity index (χ1) is 22.1. The molecule has 3 aliphatic rings. The highest BCUT2D eigenvalue weighted by atomic mass is 16.2. The molecule has 1 aromatic carbocycles. The Hall–Kier alpha value is -3.43. The van der Waals surface area contributed by atoms with Gasteiger partial charge in [-0.25, -0.2) is 4.79 Å². The quantitative estimate of drug-likeness (QED) is 0.247. The first kappa shape index (κ1) is 38.0. The molecule has 1 aromatic rings. The number of ketones is 1. The van der Waals surface area contributed by atoms with Crippen molar-refractivity contribution in [1.29, 1.82) is 0 Å². The van der Waals surface area contributed by atoms with Crippen molar-refractivity contribution in [3.63, 3.8) is 0 Å². The highest BCUT2D eigenvalue weighted by molar-refractivity contribution is 6.34. The maximum Gasteiger partial charge on any atom is 0.315 e. The van der Waals surface area contributed by atoms with Gasteiger partial charge in [0, 0.05) is 25.0 Å². The SMILES string of the molecule is CC(=O)C(N)=O.CC[C@@H]1C[C@@H](C(=O)NC(C)CC2CCC2)N(C(=O)C(NC(=O)NC2(Cc3ccccc3)CCCCC2)C(C)(C)C)C1. The molecule has 1 aliphatic heterocycles. The number of Topliss-reactive ketones (excluding diaryl/α,β-unsaturated/α-hetero) is 1. The maximum atomic E-state index is 14.2. The Bertz CT molecular complexity index is 1210. The van der Waals surface area contributed by atoms with Gasteiger partial charge < -0.3 is 26.6 Å². The molecule has 0 radical (unpaired) electrons. The van der Waals surface area contributed by atoms with Crippen molar-refractivity contribution in [3.8, 4) is 0 Å². The fraction of sp³-hybridized carbons (Fsp3) is 0.703. The van der Waals surface area contributed by atoms with E-state index in [2.05, 4.69) is 47.7 Å². The summed E-state index contributed by atoms with van der Waals surface area (Å²) in [4.78, 5) is 62.3. The lowest BCUT2D eigenvalue weighted by molar-refractivity contribution is -0.142. The third kappa shape index (κ3) is 11.4. The fourth-order valence-corrected chi connectivity index (χ4v) is 7.12. The first-order valence-electron chi connectivity index (χ1n) is 17.7. The summed E-state index contributed by atoms with van der Waals surface area (Å²) in [6.07, 6.45) is 12.4. The molecule has 5 N–H and O–H groups in total. The van der Waals surface area contributed by atoms with E-state index in [0.717, 1.165) is 51.9 Å². The smallest absolute Gasteiger partial charge is 0.315 e. The van der Waals surface area contributed by atoms with Crippen LogP contribution in [-0.2, 0) is 25.6 Å². The maximum absolute atomic E-state index is 14.2. The van der Waals surface area contributed by atoms with Crippen LogP contribution in [0.4, 0.5) is 4.79 Å². The minimum atomic E-state index is -0.880. The van der Waals surface area contributed by atoms with Gasteiger partial charge in [-0.1, -0.05) is 103 Å². The number of hydrogen-bond acceptors (Lipinski definition) is 5. The van der Waals surface area contributed by atoms with Gasteiger partial charge >= 0.3 is 6.03 Å². The van der Waals surface area contributed by atoms with Crippen molar-refractivity contribution < 1.29 is 24.0 Å². The minimum absolute atomic E-state index is 0.0535. The molecule has 5 amide bonds. The molecule has 2 aliphatic carbocycles. The van der Waals surface area contributed by atoms with E-state index in [1.807, 2.05) is 39.0 Å². The van der Waals surface area contributed by atoms with Crippen molar-refractivity contribution in [3.05, 3.63) is 35.9 Å². The predicted molar refractivity (Wildman–Crippen MR) is 184 cm³/mol. The number of nitrogens with zero attached hydrogens (tertiary/aromatic N) is 1. The lowest BCUT2D eigenvalue weighted by atomic mass is 9.77. The van der Waals surface area contributed by atoms with Gasteiger partial charge in [0.25, 0.3) is 5.91 Å². The van der Waals surface area contributed by atoms with Gasteiger partial charge in [0.2, 0.25) is 17.6 Å². The zero-order valence-corrected chi connectivity index (χ0v) is 29.5. The van der Waals surface area contributed by atoms with E-state index in [1.165, 1.54) is 31.2 Å². The van der Waals surface area contributed by atoms with E-state index >= 15 is 0 Å². The summed E-state index contributed by atoms with van der Waals surface area (Å²) in [6.45, 7) is 11.8. The summed E-state index contributed by atoms with van der Waals surface area (Å²) in [5.74, 6) is -0.705. The molecule has 262 valence electrons. The number of carbonyl (C=O) groups is 5. The molecular formula is C37H59N5O5. The average Bonchev–Trinajstić information content (AvgIpc) is 3.43. The molecule has 0 bridgehead atoms. The monoisotopic (exact) mass is 653 g/mol. The van der Waals surface area contributed by atoms with Crippen LogP contribution >= 0.6 is 0 Å². The number of carbonyl (C=O) groups excluding carboxylic acids is 5. The summed E-state index contributed by atoms with van der Waals surface area (Å²) < 4.78 is 0. The van der Waals surface area contributed by atoms with Crippen LogP contribution in [0, 0.1) is 17.3 Å². The van der Waals surface area contributed by atoms with Crippen LogP contribution < -0.4 is 21.7 Å². The molecular weight excluding hydrogens is 594 g/mol. The van der Waals surface area contributed by atoms with Crippen molar-refractivity contribution in [2.45, 2.75) is 142 Å². The number of benzene rings is 1. The summed E-state index contributed by atoms with van der Waals surface area (Å²) in [5.41, 5.74) is 4.81. The Morgan fingerprint density at radius 2 is 1.57 bits per heavy atom. The van der Waals surface area contributed by atoms with Gasteiger partial charge in [0.05, 0.1) is 0 Å². The Morgan fingerprint density at radius 1 is 0.957 bits per heavy atom. The summed E-state index contributed by atoms with van der Waals surface area (Å²) in [6, 6.07) is 8.91. The molecule has 47 heavy (non-hydrogen) atoms. The van der Waals surface area contributed by atoms with Gasteiger partial charge in [0.1, 0.15) is 12.1 Å². The van der Waals surface area contributed by atoms with E-state index in [0.29, 0.717) is 18.9 Å². The molecule has 4 rings (SSSR count). The largest absolute Gasteiger partial charge is 0.363 e. The van der Waals surface area contributed by atoms with Gasteiger partial charge in [-0.2, -0.15) is 0 Å². The highest BCUT2D eigenvalue weighted by Gasteiger charge is 2.45. The van der Waals surface area contributed by atoms with E-state index in [1.54, 1.807) is 4.90 Å². The number of primary amides is 1. The third-order valence-electron chi connectivity index (χ3n) is 10.2. The molecule has 1 heterocycles. The Labute approximate surface area is 281 Å². The van der Waals surface area contributed by atoms with Crippen LogP contribution in [-0.4, -0.2) is 64.6 Å². The predicted octanol–water partition coefficient (Wildman–Crippen LogP) is 5.03. The standard InChI is InChI=1S/C34H54N4O3.C3H5NO2/c1-6-25-21-28(30(39)35-24(2)20-26-16-13-17-26)38(23-25)31(40)29(33(3,4)5)36-32(41)37-34(18-11-8-12-19-34)22-27-14-9-7-10-15-27;1-2(5)3(4)6/h7,9-10,14-15,24-26,28-29H,6,8,11-13,16-23H2,1-5H3,(H,35,39)(H2,36,37,41);1H3,(H2,4,6)/t24?,25-,28+,29?;/m1./s1. The Kier molecular flexibility index (Phi) is 13.8. The molecule has 2 saturated carbocycles. The number of amides is 5. The lowest BCUT2D eigenvalue weighted by Gasteiger charge is -2.40. The van der Waals surface area contributed by atoms with Crippen molar-refractivity contribution in [2.75, 3.05) is 6.54 Å². The molecule has 1 saturated heterocycles. The van der Waals surface area contributed by atoms with Crippen LogP contribution in [0.5, 0.6) is 0 Å². The molecule has 10 nitrogen and oxygen atoms in total. The lowest BCUT2D eigenvalue weighted by Crippen LogP contribution is -2.62. The zero-order chi connectivity index (χ0) is 34.8. The zero-order valence-electron chi connectivity index (χ0n) is 29.5. The van der Waals surface area contributed by atoms with Crippen LogP contribution in [0.2, 0.25) is 0 Å². The summed E-state index contributed by atoms with van der Waals surface area (Å²) in [5, 5.41) is 9.65. The fourth-order valence-electron chi connectivity index (χ4n) is 7.12. The van der Waals surface area contributed by atoms with Gasteiger partial charge in [-0.15, -0.1) is 0 Å². The molecule has 3 fully saturated rings. The molecule has 10 heteroatoms. The summed E-state index contributed by atoms with van der Waals surface area (Å²) >= 11 is 0. The Morgan fingerprint density at radius 3 is 2.09 bits per heavy atom. The van der Waals surface area contributed by atoms with E-state index < -0.39 is 29.2 Å². The number of urea groups is 1. The molecule has 0 aromatic heterocycles. The normalized spacial score (nSPS) is 22.0. The van der Waals surface area contributed by atoms with E-state index in [4.69, 9.17) is 0 Å². The first-order valence-corrected chi connectivity index (χ1v) is 17.7. The third-order valence-corrected chi connectivity index (χ3v) is 10.2. The summed E-state index contributed by atoms with van der Waals surface area (Å²) in [7, 11) is 0. The number of nitrogens with one attached hydrogen (secondary N) is 3. The van der Waals surface area contributed by atoms with Crippen LogP contribution in [0.1, 0.15) is 118 Å². The van der Waals surface area contributed by atoms with E-state index in [-0.39, 0.29) is 35.3 Å². The van der Waals surface area contributed by atoms with E-state index in [9.17, 15) is 24.0 Å². The number of hydrogen-bond donors (Lipinski definition) is 4. The van der Waals surface area contributed by atoms with Crippen LogP contribution in [0.25, 0.3) is 0 Å².